The van der Waals surface area contributed by atoms with Gasteiger partial charge in [0, 0.05) is 6.54 Å². The fourth-order valence-electron chi connectivity index (χ4n) is 1.23. The molecule has 0 heterocycles. The highest BCUT2D eigenvalue weighted by molar-refractivity contribution is 5.27. The standard InChI is InChI=1S/C12H16F3NO2/c1-9(2)18-11-5-3-10(4-6-11)7-16-17-8-12(13,14)15/h3-6,9,16H,7-8H2,1-2H3. The van der Waals surface area contributed by atoms with Gasteiger partial charge in [0.1, 0.15) is 5.75 Å². The minimum atomic E-state index is -4.32. The van der Waals surface area contributed by atoms with E-state index in [1.807, 2.05) is 13.8 Å². The number of benzene rings is 1. The molecule has 6 heteroatoms. The van der Waals surface area contributed by atoms with Crippen LogP contribution in [-0.4, -0.2) is 18.9 Å². The lowest BCUT2D eigenvalue weighted by atomic mass is 10.2. The second kappa shape index (κ2) is 6.61. The van der Waals surface area contributed by atoms with Crippen molar-refractivity contribution in [3.63, 3.8) is 0 Å². The normalized spacial score (nSPS) is 11.9. The number of ether oxygens (including phenoxy) is 1. The van der Waals surface area contributed by atoms with Crippen molar-refractivity contribution in [2.45, 2.75) is 32.7 Å². The molecular weight excluding hydrogens is 247 g/mol. The Morgan fingerprint density at radius 2 is 1.78 bits per heavy atom. The van der Waals surface area contributed by atoms with Crippen molar-refractivity contribution in [3.05, 3.63) is 29.8 Å². The van der Waals surface area contributed by atoms with Gasteiger partial charge in [0.15, 0.2) is 6.61 Å². The van der Waals surface area contributed by atoms with E-state index in [0.29, 0.717) is 0 Å². The molecule has 1 rings (SSSR count). The molecule has 0 spiro atoms. The van der Waals surface area contributed by atoms with Crippen molar-refractivity contribution in [2.75, 3.05) is 6.61 Å². The van der Waals surface area contributed by atoms with Crippen LogP contribution in [-0.2, 0) is 11.4 Å². The second-order valence-electron chi connectivity index (χ2n) is 4.04. The van der Waals surface area contributed by atoms with Crippen molar-refractivity contribution >= 4 is 0 Å². The van der Waals surface area contributed by atoms with Crippen LogP contribution < -0.4 is 10.2 Å². The molecule has 3 nitrogen and oxygen atoms in total. The van der Waals surface area contributed by atoms with E-state index in [9.17, 15) is 13.2 Å². The van der Waals surface area contributed by atoms with Crippen LogP contribution in [0, 0.1) is 0 Å². The topological polar surface area (TPSA) is 30.5 Å². The molecule has 18 heavy (non-hydrogen) atoms. The van der Waals surface area contributed by atoms with Crippen LogP contribution in [0.25, 0.3) is 0 Å². The number of hydrogen-bond acceptors (Lipinski definition) is 3. The van der Waals surface area contributed by atoms with Gasteiger partial charge in [-0.15, -0.1) is 0 Å². The maximum atomic E-state index is 11.8. The molecule has 0 saturated carbocycles. The Hall–Kier alpha value is -1.27. The molecule has 1 aromatic carbocycles. The summed E-state index contributed by atoms with van der Waals surface area (Å²) in [5.41, 5.74) is 3.07. The highest BCUT2D eigenvalue weighted by Crippen LogP contribution is 2.15. The predicted molar refractivity (Wildman–Crippen MR) is 61.1 cm³/mol. The molecule has 1 N–H and O–H groups in total. The predicted octanol–water partition coefficient (Wildman–Crippen LogP) is 3.06. The Labute approximate surface area is 104 Å². The SMILES string of the molecule is CC(C)Oc1ccc(CNOCC(F)(F)F)cc1. The fourth-order valence-corrected chi connectivity index (χ4v) is 1.23. The average Bonchev–Trinajstić information content (AvgIpc) is 2.24. The number of hydrogen-bond donors (Lipinski definition) is 1. The molecule has 0 aliphatic carbocycles. The number of halogens is 3. The van der Waals surface area contributed by atoms with Gasteiger partial charge >= 0.3 is 6.18 Å². The quantitative estimate of drug-likeness (QED) is 0.632. The molecular formula is C12H16F3NO2. The third-order valence-corrected chi connectivity index (χ3v) is 1.91. The van der Waals surface area contributed by atoms with Gasteiger partial charge in [-0.2, -0.15) is 18.7 Å². The van der Waals surface area contributed by atoms with Crippen molar-refractivity contribution in [1.29, 1.82) is 0 Å². The molecule has 0 aliphatic heterocycles. The smallest absolute Gasteiger partial charge is 0.413 e. The number of nitrogens with one attached hydrogen (secondary N) is 1. The molecule has 0 atom stereocenters. The van der Waals surface area contributed by atoms with Crippen molar-refractivity contribution in [3.8, 4) is 5.75 Å². The minimum absolute atomic E-state index is 0.0871. The van der Waals surface area contributed by atoms with E-state index in [0.717, 1.165) is 11.3 Å². The number of alkyl halides is 3. The van der Waals surface area contributed by atoms with Gasteiger partial charge in [0.2, 0.25) is 0 Å². The zero-order valence-electron chi connectivity index (χ0n) is 10.3. The summed E-state index contributed by atoms with van der Waals surface area (Å²) in [6, 6.07) is 7.06. The summed E-state index contributed by atoms with van der Waals surface area (Å²) in [7, 11) is 0. The molecule has 0 radical (unpaired) electrons. The van der Waals surface area contributed by atoms with Crippen LogP contribution >= 0.6 is 0 Å². The summed E-state index contributed by atoms with van der Waals surface area (Å²) in [6.45, 7) is 2.74. The zero-order valence-corrected chi connectivity index (χ0v) is 10.3. The maximum Gasteiger partial charge on any atom is 0.413 e. The van der Waals surface area contributed by atoms with Crippen LogP contribution in [0.4, 0.5) is 13.2 Å². The van der Waals surface area contributed by atoms with Crippen LogP contribution in [0.15, 0.2) is 24.3 Å². The van der Waals surface area contributed by atoms with Crippen LogP contribution in [0.1, 0.15) is 19.4 Å². The van der Waals surface area contributed by atoms with E-state index in [1.54, 1.807) is 24.3 Å². The molecule has 0 saturated heterocycles. The Morgan fingerprint density at radius 1 is 1.17 bits per heavy atom. The Morgan fingerprint density at radius 3 is 2.28 bits per heavy atom. The van der Waals surface area contributed by atoms with E-state index in [1.165, 1.54) is 0 Å². The Bertz CT molecular complexity index is 349. The average molecular weight is 263 g/mol. The zero-order chi connectivity index (χ0) is 13.6. The molecule has 0 fully saturated rings. The van der Waals surface area contributed by atoms with E-state index in [2.05, 4.69) is 10.3 Å². The van der Waals surface area contributed by atoms with Crippen LogP contribution in [0.2, 0.25) is 0 Å². The van der Waals surface area contributed by atoms with E-state index in [-0.39, 0.29) is 12.6 Å². The van der Waals surface area contributed by atoms with Gasteiger partial charge < -0.3 is 4.74 Å². The van der Waals surface area contributed by atoms with E-state index < -0.39 is 12.8 Å². The monoisotopic (exact) mass is 263 g/mol. The van der Waals surface area contributed by atoms with E-state index in [4.69, 9.17) is 4.74 Å². The summed E-state index contributed by atoms with van der Waals surface area (Å²) in [4.78, 5) is 4.29. The largest absolute Gasteiger partial charge is 0.491 e. The van der Waals surface area contributed by atoms with Crippen LogP contribution in [0.5, 0.6) is 5.75 Å². The molecule has 1 aromatic rings. The number of rotatable bonds is 6. The first-order chi connectivity index (χ1) is 8.37. The Kier molecular flexibility index (Phi) is 5.43. The summed E-state index contributed by atoms with van der Waals surface area (Å²) in [5.74, 6) is 0.727. The lowest BCUT2D eigenvalue weighted by molar-refractivity contribution is -0.190. The third-order valence-electron chi connectivity index (χ3n) is 1.91. The number of hydroxylamine groups is 1. The Balaban J connectivity index is 2.31. The molecule has 0 aromatic heterocycles. The van der Waals surface area contributed by atoms with Gasteiger partial charge in [-0.05, 0) is 31.5 Å². The maximum absolute atomic E-state index is 11.8. The van der Waals surface area contributed by atoms with Gasteiger partial charge in [0.05, 0.1) is 6.10 Å². The second-order valence-corrected chi connectivity index (χ2v) is 4.04. The van der Waals surface area contributed by atoms with Crippen molar-refractivity contribution in [2.24, 2.45) is 0 Å². The van der Waals surface area contributed by atoms with E-state index >= 15 is 0 Å². The third kappa shape index (κ3) is 6.46. The summed E-state index contributed by atoms with van der Waals surface area (Å²) in [6.07, 6.45) is -4.23. The first-order valence-corrected chi connectivity index (χ1v) is 5.54. The first kappa shape index (κ1) is 14.8. The minimum Gasteiger partial charge on any atom is -0.491 e. The molecule has 0 bridgehead atoms. The molecule has 102 valence electrons. The summed E-state index contributed by atoms with van der Waals surface area (Å²) < 4.78 is 40.8. The van der Waals surface area contributed by atoms with Gasteiger partial charge in [-0.1, -0.05) is 12.1 Å². The lowest BCUT2D eigenvalue weighted by Crippen LogP contribution is -2.24. The van der Waals surface area contributed by atoms with Gasteiger partial charge in [-0.3, -0.25) is 4.84 Å². The fraction of sp³-hybridized carbons (Fsp3) is 0.500. The lowest BCUT2D eigenvalue weighted by Gasteiger charge is -2.11. The highest BCUT2D eigenvalue weighted by atomic mass is 19.4. The molecule has 0 aliphatic rings. The molecule has 0 unspecified atom stereocenters. The highest BCUT2D eigenvalue weighted by Gasteiger charge is 2.27. The van der Waals surface area contributed by atoms with Crippen LogP contribution in [0.3, 0.4) is 0 Å². The summed E-state index contributed by atoms with van der Waals surface area (Å²) >= 11 is 0. The summed E-state index contributed by atoms with van der Waals surface area (Å²) in [5, 5.41) is 0. The van der Waals surface area contributed by atoms with Gasteiger partial charge in [0.25, 0.3) is 0 Å². The first-order valence-electron chi connectivity index (χ1n) is 5.54. The van der Waals surface area contributed by atoms with Crippen molar-refractivity contribution in [1.82, 2.24) is 5.48 Å². The van der Waals surface area contributed by atoms with Crippen molar-refractivity contribution < 1.29 is 22.7 Å². The molecule has 0 amide bonds. The van der Waals surface area contributed by atoms with Gasteiger partial charge in [-0.25, -0.2) is 0 Å².